The van der Waals surface area contributed by atoms with Gasteiger partial charge in [-0.25, -0.2) is 4.39 Å². The van der Waals surface area contributed by atoms with E-state index in [0.717, 1.165) is 53.4 Å². The lowest BCUT2D eigenvalue weighted by molar-refractivity contribution is -0.0367. The van der Waals surface area contributed by atoms with Gasteiger partial charge in [0.25, 0.3) is 0 Å². The lowest BCUT2D eigenvalue weighted by atomic mass is 10.0. The van der Waals surface area contributed by atoms with Gasteiger partial charge in [0.1, 0.15) is 5.82 Å². The van der Waals surface area contributed by atoms with Crippen LogP contribution in [0.5, 0.6) is 5.06 Å². The van der Waals surface area contributed by atoms with Crippen LogP contribution in [0.2, 0.25) is 0 Å². The van der Waals surface area contributed by atoms with Crippen LogP contribution in [0.25, 0.3) is 21.6 Å². The largest absolute Gasteiger partial charge is 0.455 e. The summed E-state index contributed by atoms with van der Waals surface area (Å²) in [6, 6.07) is 17.6. The van der Waals surface area contributed by atoms with Crippen LogP contribution in [-0.4, -0.2) is 12.9 Å². The van der Waals surface area contributed by atoms with Gasteiger partial charge < -0.3 is 9.47 Å². The normalized spacial score (nSPS) is 16.6. The van der Waals surface area contributed by atoms with Gasteiger partial charge in [0.2, 0.25) is 6.29 Å². The lowest BCUT2D eigenvalue weighted by Crippen LogP contribution is -2.12. The van der Waals surface area contributed by atoms with Crippen LogP contribution in [0.15, 0.2) is 54.6 Å². The zero-order valence-electron chi connectivity index (χ0n) is 15.4. The summed E-state index contributed by atoms with van der Waals surface area (Å²) < 4.78 is 26.1. The predicted molar refractivity (Wildman–Crippen MR) is 109 cm³/mol. The van der Waals surface area contributed by atoms with Crippen LogP contribution in [0.3, 0.4) is 0 Å². The molecule has 27 heavy (non-hydrogen) atoms. The first-order valence-electron chi connectivity index (χ1n) is 9.50. The number of hydrogen-bond donors (Lipinski definition) is 0. The average molecular weight is 383 g/mol. The first-order chi connectivity index (χ1) is 13.2. The summed E-state index contributed by atoms with van der Waals surface area (Å²) in [5, 5.41) is 0.770. The van der Waals surface area contributed by atoms with E-state index in [2.05, 4.69) is 31.2 Å². The summed E-state index contributed by atoms with van der Waals surface area (Å²) in [5.74, 6) is -0.212. The van der Waals surface area contributed by atoms with Crippen LogP contribution in [-0.2, 0) is 11.2 Å². The van der Waals surface area contributed by atoms with Crippen molar-refractivity contribution in [1.29, 1.82) is 0 Å². The zero-order valence-corrected chi connectivity index (χ0v) is 16.2. The van der Waals surface area contributed by atoms with E-state index in [1.807, 2.05) is 24.3 Å². The zero-order chi connectivity index (χ0) is 18.6. The molecule has 1 fully saturated rings. The fraction of sp³-hybridized carbons (Fsp3) is 0.304. The molecular formula is C23H23FO2S. The molecule has 4 heteroatoms. The van der Waals surface area contributed by atoms with Crippen LogP contribution in [0, 0.1) is 5.82 Å². The number of aryl methyl sites for hydroxylation is 1. The van der Waals surface area contributed by atoms with E-state index < -0.39 is 0 Å². The maximum absolute atomic E-state index is 14.8. The van der Waals surface area contributed by atoms with Gasteiger partial charge in [0, 0.05) is 16.9 Å². The molecule has 2 heterocycles. The van der Waals surface area contributed by atoms with Crippen molar-refractivity contribution in [2.45, 2.75) is 38.9 Å². The molecule has 1 aromatic heterocycles. The van der Waals surface area contributed by atoms with E-state index in [-0.39, 0.29) is 12.1 Å². The number of ether oxygens (including phenoxy) is 2. The summed E-state index contributed by atoms with van der Waals surface area (Å²) in [6.07, 6.45) is 3.97. The smallest absolute Gasteiger partial charge is 0.200 e. The number of hydrogen-bond acceptors (Lipinski definition) is 3. The molecule has 0 amide bonds. The Bertz CT molecular complexity index is 895. The summed E-state index contributed by atoms with van der Waals surface area (Å²) in [5.41, 5.74) is 3.85. The second kappa shape index (κ2) is 8.24. The van der Waals surface area contributed by atoms with Crippen molar-refractivity contribution in [3.8, 4) is 26.6 Å². The molecule has 1 aliphatic heterocycles. The van der Waals surface area contributed by atoms with Gasteiger partial charge in [-0.15, -0.1) is 0 Å². The van der Waals surface area contributed by atoms with Crippen molar-refractivity contribution >= 4 is 11.3 Å². The Morgan fingerprint density at radius 2 is 1.89 bits per heavy atom. The minimum absolute atomic E-state index is 0.167. The Morgan fingerprint density at radius 3 is 2.59 bits per heavy atom. The minimum atomic E-state index is -0.212. The number of thiophene rings is 1. The fourth-order valence-electron chi connectivity index (χ4n) is 3.35. The van der Waals surface area contributed by atoms with Crippen molar-refractivity contribution in [3.05, 3.63) is 66.0 Å². The van der Waals surface area contributed by atoms with Crippen molar-refractivity contribution in [2.75, 3.05) is 6.61 Å². The maximum Gasteiger partial charge on any atom is 0.200 e. The van der Waals surface area contributed by atoms with Crippen molar-refractivity contribution in [2.24, 2.45) is 0 Å². The van der Waals surface area contributed by atoms with Gasteiger partial charge in [-0.1, -0.05) is 55.0 Å². The predicted octanol–water partition coefficient (Wildman–Crippen LogP) is 6.69. The standard InChI is InChI=1S/C23H23FO2S/c1-2-4-16-6-8-17(9-7-16)18-10-11-19(20(24)15-18)21-12-13-23(27-21)26-22-5-3-14-25-22/h6-13,15,22H,2-5,14H2,1H3. The highest BCUT2D eigenvalue weighted by molar-refractivity contribution is 7.17. The van der Waals surface area contributed by atoms with Gasteiger partial charge in [-0.05, 0) is 53.8 Å². The quantitative estimate of drug-likeness (QED) is 0.473. The molecule has 0 bridgehead atoms. The molecule has 2 aromatic carbocycles. The molecule has 1 saturated heterocycles. The fourth-order valence-corrected chi connectivity index (χ4v) is 4.27. The van der Waals surface area contributed by atoms with Crippen LogP contribution in [0.4, 0.5) is 4.39 Å². The van der Waals surface area contributed by atoms with E-state index in [0.29, 0.717) is 5.56 Å². The molecule has 0 aliphatic carbocycles. The Balaban J connectivity index is 1.52. The molecule has 3 aromatic rings. The monoisotopic (exact) mass is 382 g/mol. The van der Waals surface area contributed by atoms with Crippen molar-refractivity contribution in [1.82, 2.24) is 0 Å². The van der Waals surface area contributed by atoms with E-state index in [1.165, 1.54) is 16.9 Å². The van der Waals surface area contributed by atoms with E-state index >= 15 is 0 Å². The molecule has 4 rings (SSSR count). The van der Waals surface area contributed by atoms with Crippen LogP contribution in [0.1, 0.15) is 31.7 Å². The number of benzene rings is 2. The Labute approximate surface area is 163 Å². The van der Waals surface area contributed by atoms with Gasteiger partial charge in [-0.2, -0.15) is 0 Å². The third kappa shape index (κ3) is 4.23. The highest BCUT2D eigenvalue weighted by atomic mass is 32.1. The highest BCUT2D eigenvalue weighted by Crippen LogP contribution is 2.37. The maximum atomic E-state index is 14.8. The van der Waals surface area contributed by atoms with E-state index in [1.54, 1.807) is 6.07 Å². The number of rotatable bonds is 6. The Hall–Kier alpha value is -2.17. The summed E-state index contributed by atoms with van der Waals surface area (Å²) in [6.45, 7) is 2.92. The third-order valence-corrected chi connectivity index (χ3v) is 5.79. The number of halogens is 1. The van der Waals surface area contributed by atoms with Crippen molar-refractivity contribution < 1.29 is 13.9 Å². The Morgan fingerprint density at radius 1 is 1.07 bits per heavy atom. The molecule has 0 N–H and O–H groups in total. The average Bonchev–Trinajstić information content (AvgIpc) is 3.35. The van der Waals surface area contributed by atoms with Crippen LogP contribution >= 0.6 is 11.3 Å². The summed E-state index contributed by atoms with van der Waals surface area (Å²) >= 11 is 1.45. The Kier molecular flexibility index (Phi) is 5.55. The second-order valence-electron chi connectivity index (χ2n) is 6.82. The molecule has 1 aliphatic rings. The van der Waals surface area contributed by atoms with Gasteiger partial charge >= 0.3 is 0 Å². The van der Waals surface area contributed by atoms with Crippen LogP contribution < -0.4 is 4.74 Å². The molecule has 1 unspecified atom stereocenters. The van der Waals surface area contributed by atoms with E-state index in [4.69, 9.17) is 9.47 Å². The van der Waals surface area contributed by atoms with Crippen molar-refractivity contribution in [3.63, 3.8) is 0 Å². The van der Waals surface area contributed by atoms with Gasteiger partial charge in [-0.3, -0.25) is 0 Å². The molecule has 1 atom stereocenters. The SMILES string of the molecule is CCCc1ccc(-c2ccc(-c3ccc(OC4CCCO4)s3)c(F)c2)cc1. The first kappa shape index (κ1) is 18.2. The molecule has 0 saturated carbocycles. The van der Waals surface area contributed by atoms with Gasteiger partial charge in [0.05, 0.1) is 6.61 Å². The molecule has 140 valence electrons. The van der Waals surface area contributed by atoms with Gasteiger partial charge in [0.15, 0.2) is 5.06 Å². The third-order valence-electron chi connectivity index (χ3n) is 4.78. The summed E-state index contributed by atoms with van der Waals surface area (Å²) in [4.78, 5) is 0.866. The molecular weight excluding hydrogens is 359 g/mol. The lowest BCUT2D eigenvalue weighted by Gasteiger charge is -2.10. The second-order valence-corrected chi connectivity index (χ2v) is 7.87. The minimum Gasteiger partial charge on any atom is -0.455 e. The van der Waals surface area contributed by atoms with E-state index in [9.17, 15) is 4.39 Å². The molecule has 0 spiro atoms. The molecule has 0 radical (unpaired) electrons. The summed E-state index contributed by atoms with van der Waals surface area (Å²) in [7, 11) is 0. The molecule has 2 nitrogen and oxygen atoms in total. The first-order valence-corrected chi connectivity index (χ1v) is 10.3. The highest BCUT2D eigenvalue weighted by Gasteiger charge is 2.18. The topological polar surface area (TPSA) is 18.5 Å².